The van der Waals surface area contributed by atoms with Gasteiger partial charge in [-0.2, -0.15) is 5.10 Å². The summed E-state index contributed by atoms with van der Waals surface area (Å²) in [5.41, 5.74) is 4.47. The second-order valence-electron chi connectivity index (χ2n) is 6.26. The summed E-state index contributed by atoms with van der Waals surface area (Å²) in [5, 5.41) is 3.94. The SMILES string of the molecule is CCOC(=O)c1ccc(-c2ccc(/C=N\NC(=O)[C@H](OC)c3ccccc3)o2)cc1. The molecule has 154 valence electrons. The first-order valence-corrected chi connectivity index (χ1v) is 9.40. The van der Waals surface area contributed by atoms with Gasteiger partial charge in [-0.1, -0.05) is 42.5 Å². The molecule has 0 bridgehead atoms. The molecule has 3 aromatic rings. The third kappa shape index (κ3) is 5.21. The van der Waals surface area contributed by atoms with Crippen LogP contribution in [0, 0.1) is 0 Å². The molecule has 0 radical (unpaired) electrons. The van der Waals surface area contributed by atoms with Crippen LogP contribution in [0.4, 0.5) is 0 Å². The Hall–Kier alpha value is -3.71. The fourth-order valence-electron chi connectivity index (χ4n) is 2.80. The fraction of sp³-hybridized carbons (Fsp3) is 0.174. The zero-order valence-corrected chi connectivity index (χ0v) is 16.7. The number of esters is 1. The normalized spacial score (nSPS) is 11.9. The van der Waals surface area contributed by atoms with Gasteiger partial charge in [-0.15, -0.1) is 0 Å². The Labute approximate surface area is 174 Å². The highest BCUT2D eigenvalue weighted by molar-refractivity contribution is 5.90. The van der Waals surface area contributed by atoms with Gasteiger partial charge in [-0.05, 0) is 36.8 Å². The standard InChI is InChI=1S/C23H22N2O5/c1-3-29-23(27)18-11-9-16(10-12-18)20-14-13-19(30-20)15-24-25-22(26)21(28-2)17-7-5-4-6-8-17/h4-15,21H,3H2,1-2H3,(H,25,26)/b24-15-/t21-/m1/s1. The largest absolute Gasteiger partial charge is 0.462 e. The minimum Gasteiger partial charge on any atom is -0.462 e. The molecule has 0 aliphatic heterocycles. The van der Waals surface area contributed by atoms with Crippen molar-refractivity contribution in [2.24, 2.45) is 5.10 Å². The molecule has 0 saturated heterocycles. The monoisotopic (exact) mass is 406 g/mol. The van der Waals surface area contributed by atoms with E-state index in [0.717, 1.165) is 11.1 Å². The van der Waals surface area contributed by atoms with Gasteiger partial charge < -0.3 is 13.9 Å². The van der Waals surface area contributed by atoms with E-state index in [1.54, 1.807) is 43.3 Å². The lowest BCUT2D eigenvalue weighted by molar-refractivity contribution is -0.131. The molecule has 0 aliphatic carbocycles. The van der Waals surface area contributed by atoms with E-state index < -0.39 is 6.10 Å². The van der Waals surface area contributed by atoms with Crippen molar-refractivity contribution < 1.29 is 23.5 Å². The van der Waals surface area contributed by atoms with Gasteiger partial charge in [0.15, 0.2) is 6.10 Å². The van der Waals surface area contributed by atoms with Crippen LogP contribution in [0.3, 0.4) is 0 Å². The van der Waals surface area contributed by atoms with Gasteiger partial charge in [0.1, 0.15) is 11.5 Å². The van der Waals surface area contributed by atoms with Gasteiger partial charge in [0.05, 0.1) is 18.4 Å². The van der Waals surface area contributed by atoms with Gasteiger partial charge >= 0.3 is 5.97 Å². The minimum absolute atomic E-state index is 0.328. The van der Waals surface area contributed by atoms with Gasteiger partial charge in [0.2, 0.25) is 0 Å². The first-order valence-electron chi connectivity index (χ1n) is 9.40. The molecule has 0 spiro atoms. The molecule has 1 aromatic heterocycles. The van der Waals surface area contributed by atoms with Crippen molar-refractivity contribution in [3.05, 3.63) is 83.6 Å². The second-order valence-corrected chi connectivity index (χ2v) is 6.26. The highest BCUT2D eigenvalue weighted by Gasteiger charge is 2.19. The Morgan fingerprint density at radius 3 is 2.47 bits per heavy atom. The number of nitrogens with one attached hydrogen (secondary N) is 1. The van der Waals surface area contributed by atoms with Gasteiger partial charge in [0.25, 0.3) is 5.91 Å². The Balaban J connectivity index is 1.61. The lowest BCUT2D eigenvalue weighted by atomic mass is 10.1. The van der Waals surface area contributed by atoms with E-state index in [0.29, 0.717) is 23.7 Å². The van der Waals surface area contributed by atoms with Crippen molar-refractivity contribution in [1.29, 1.82) is 0 Å². The van der Waals surface area contributed by atoms with Gasteiger partial charge in [-0.25, -0.2) is 10.2 Å². The van der Waals surface area contributed by atoms with Crippen LogP contribution in [0.1, 0.15) is 34.7 Å². The highest BCUT2D eigenvalue weighted by atomic mass is 16.5. The van der Waals surface area contributed by atoms with Crippen LogP contribution >= 0.6 is 0 Å². The molecule has 3 rings (SSSR count). The molecule has 0 saturated carbocycles. The van der Waals surface area contributed by atoms with Crippen LogP contribution in [0.2, 0.25) is 0 Å². The lowest BCUT2D eigenvalue weighted by Gasteiger charge is -2.13. The van der Waals surface area contributed by atoms with E-state index in [9.17, 15) is 9.59 Å². The molecular weight excluding hydrogens is 384 g/mol. The van der Waals surface area contributed by atoms with E-state index in [1.165, 1.54) is 13.3 Å². The summed E-state index contributed by atoms with van der Waals surface area (Å²) in [4.78, 5) is 24.0. The lowest BCUT2D eigenvalue weighted by Crippen LogP contribution is -2.26. The number of nitrogens with zero attached hydrogens (tertiary/aromatic N) is 1. The quantitative estimate of drug-likeness (QED) is 0.347. The third-order valence-electron chi connectivity index (χ3n) is 4.25. The predicted molar refractivity (Wildman–Crippen MR) is 112 cm³/mol. The zero-order valence-electron chi connectivity index (χ0n) is 16.7. The summed E-state index contributed by atoms with van der Waals surface area (Å²) in [6.45, 7) is 2.09. The number of carbonyl (C=O) groups excluding carboxylic acids is 2. The first-order chi connectivity index (χ1) is 14.6. The molecule has 0 aliphatic rings. The fourth-order valence-corrected chi connectivity index (χ4v) is 2.80. The molecule has 2 aromatic carbocycles. The number of rotatable bonds is 8. The van der Waals surface area contributed by atoms with Crippen LogP contribution in [0.25, 0.3) is 11.3 Å². The molecule has 1 atom stereocenters. The Bertz CT molecular complexity index is 1010. The smallest absolute Gasteiger partial charge is 0.338 e. The summed E-state index contributed by atoms with van der Waals surface area (Å²) in [6, 6.07) is 19.6. The Morgan fingerprint density at radius 1 is 1.07 bits per heavy atom. The van der Waals surface area contributed by atoms with Crippen LogP contribution in [0.15, 0.2) is 76.2 Å². The molecule has 1 amide bonds. The minimum atomic E-state index is -0.756. The number of carbonyl (C=O) groups is 2. The number of methoxy groups -OCH3 is 1. The number of furan rings is 1. The molecule has 1 heterocycles. The molecule has 1 N–H and O–H groups in total. The molecule has 7 nitrogen and oxygen atoms in total. The third-order valence-corrected chi connectivity index (χ3v) is 4.25. The summed E-state index contributed by atoms with van der Waals surface area (Å²) >= 11 is 0. The summed E-state index contributed by atoms with van der Waals surface area (Å²) in [7, 11) is 1.47. The Kier molecular flexibility index (Phi) is 7.13. The Morgan fingerprint density at radius 2 is 1.80 bits per heavy atom. The summed E-state index contributed by atoms with van der Waals surface area (Å²) in [6.07, 6.45) is 0.653. The maximum absolute atomic E-state index is 12.3. The average molecular weight is 406 g/mol. The number of hydrogen-bond donors (Lipinski definition) is 1. The second kappa shape index (κ2) is 10.2. The first kappa shape index (κ1) is 21.0. The van der Waals surface area contributed by atoms with Gasteiger partial charge in [0, 0.05) is 12.7 Å². The molecule has 30 heavy (non-hydrogen) atoms. The maximum atomic E-state index is 12.3. The van der Waals surface area contributed by atoms with Crippen molar-refractivity contribution in [3.63, 3.8) is 0 Å². The predicted octanol–water partition coefficient (Wildman–Crippen LogP) is 3.96. The van der Waals surface area contributed by atoms with E-state index in [2.05, 4.69) is 10.5 Å². The number of amides is 1. The maximum Gasteiger partial charge on any atom is 0.338 e. The van der Waals surface area contributed by atoms with Crippen molar-refractivity contribution in [2.45, 2.75) is 13.0 Å². The number of hydrogen-bond acceptors (Lipinski definition) is 6. The average Bonchev–Trinajstić information content (AvgIpc) is 3.24. The highest BCUT2D eigenvalue weighted by Crippen LogP contribution is 2.22. The van der Waals surface area contributed by atoms with Gasteiger partial charge in [-0.3, -0.25) is 4.79 Å². The van der Waals surface area contributed by atoms with Crippen LogP contribution in [-0.2, 0) is 14.3 Å². The van der Waals surface area contributed by atoms with Crippen molar-refractivity contribution in [2.75, 3.05) is 13.7 Å². The van der Waals surface area contributed by atoms with Crippen molar-refractivity contribution >= 4 is 18.1 Å². The summed E-state index contributed by atoms with van der Waals surface area (Å²) in [5.74, 6) is 0.323. The van der Waals surface area contributed by atoms with E-state index >= 15 is 0 Å². The van der Waals surface area contributed by atoms with E-state index in [1.807, 2.05) is 30.3 Å². The topological polar surface area (TPSA) is 90.1 Å². The molecule has 0 fully saturated rings. The summed E-state index contributed by atoms with van der Waals surface area (Å²) < 4.78 is 16.0. The number of ether oxygens (including phenoxy) is 2. The van der Waals surface area contributed by atoms with Crippen LogP contribution in [-0.4, -0.2) is 31.8 Å². The van der Waals surface area contributed by atoms with E-state index in [4.69, 9.17) is 13.9 Å². The number of benzene rings is 2. The molecule has 0 unspecified atom stereocenters. The van der Waals surface area contributed by atoms with Crippen LogP contribution in [0.5, 0.6) is 0 Å². The molecule has 7 heteroatoms. The zero-order chi connectivity index (χ0) is 21.3. The molecular formula is C23H22N2O5. The van der Waals surface area contributed by atoms with Crippen molar-refractivity contribution in [3.8, 4) is 11.3 Å². The van der Waals surface area contributed by atoms with E-state index in [-0.39, 0.29) is 11.9 Å². The number of hydrazone groups is 1. The van der Waals surface area contributed by atoms with Crippen LogP contribution < -0.4 is 5.43 Å². The van der Waals surface area contributed by atoms with Crippen molar-refractivity contribution in [1.82, 2.24) is 5.43 Å².